The summed E-state index contributed by atoms with van der Waals surface area (Å²) in [6.45, 7) is 0.651. The predicted octanol–water partition coefficient (Wildman–Crippen LogP) is -2.54. The topological polar surface area (TPSA) is 113 Å². The van der Waals surface area contributed by atoms with E-state index in [2.05, 4.69) is 16.0 Å². The van der Waals surface area contributed by atoms with Crippen molar-refractivity contribution in [3.05, 3.63) is 0 Å². The highest BCUT2D eigenvalue weighted by Crippen LogP contribution is 2.05. The van der Waals surface area contributed by atoms with Gasteiger partial charge in [-0.05, 0) is 6.42 Å². The Balaban J connectivity index is 2.19. The maximum Gasteiger partial charge on any atom is 0.243 e. The fraction of sp³-hybridized carbons (Fsp3) is 0.667. The van der Waals surface area contributed by atoms with Crippen LogP contribution in [0.1, 0.15) is 12.8 Å². The van der Waals surface area contributed by atoms with Crippen LogP contribution >= 0.6 is 0 Å². The van der Waals surface area contributed by atoms with Gasteiger partial charge < -0.3 is 21.7 Å². The number of carbonyl (C=O) groups excluding carboxylic acids is 3. The summed E-state index contributed by atoms with van der Waals surface area (Å²) in [4.78, 5) is 33.4. The van der Waals surface area contributed by atoms with Crippen molar-refractivity contribution in [2.45, 2.75) is 18.9 Å². The molecule has 3 amide bonds. The molecule has 0 unspecified atom stereocenters. The molecule has 1 heterocycles. The van der Waals surface area contributed by atoms with E-state index in [4.69, 9.17) is 5.73 Å². The Labute approximate surface area is 93.1 Å². The van der Waals surface area contributed by atoms with E-state index < -0.39 is 6.04 Å². The molecular weight excluding hydrogens is 212 g/mol. The largest absolute Gasteiger partial charge is 0.353 e. The number of nitrogens with one attached hydrogen (secondary N) is 3. The molecule has 0 saturated carbocycles. The van der Waals surface area contributed by atoms with Crippen LogP contribution in [0.3, 0.4) is 0 Å². The van der Waals surface area contributed by atoms with Crippen LogP contribution in [0, 0.1) is 0 Å². The summed E-state index contributed by atoms with van der Waals surface area (Å²) < 4.78 is 0. The number of rotatable bonds is 5. The maximum absolute atomic E-state index is 11.4. The third kappa shape index (κ3) is 3.85. The van der Waals surface area contributed by atoms with Crippen molar-refractivity contribution >= 4 is 17.7 Å². The normalized spacial score (nSPS) is 19.1. The van der Waals surface area contributed by atoms with E-state index in [0.717, 1.165) is 0 Å². The fourth-order valence-electron chi connectivity index (χ4n) is 1.38. The summed E-state index contributed by atoms with van der Waals surface area (Å²) >= 11 is 0. The van der Waals surface area contributed by atoms with Crippen molar-refractivity contribution in [2.75, 3.05) is 19.6 Å². The van der Waals surface area contributed by atoms with Gasteiger partial charge >= 0.3 is 0 Å². The summed E-state index contributed by atoms with van der Waals surface area (Å²) in [7, 11) is 0. The Morgan fingerprint density at radius 1 is 1.44 bits per heavy atom. The van der Waals surface area contributed by atoms with E-state index >= 15 is 0 Å². The second kappa shape index (κ2) is 6.06. The molecule has 1 aliphatic heterocycles. The Morgan fingerprint density at radius 2 is 2.19 bits per heavy atom. The summed E-state index contributed by atoms with van der Waals surface area (Å²) in [5, 5.41) is 7.49. The lowest BCUT2D eigenvalue weighted by Crippen LogP contribution is -2.45. The van der Waals surface area contributed by atoms with Crippen molar-refractivity contribution in [1.29, 1.82) is 0 Å². The van der Waals surface area contributed by atoms with Crippen molar-refractivity contribution in [3.8, 4) is 0 Å². The molecule has 0 aromatic rings. The zero-order valence-corrected chi connectivity index (χ0v) is 8.91. The van der Waals surface area contributed by atoms with Crippen LogP contribution < -0.4 is 21.7 Å². The number of carbonyl (C=O) groups is 3. The van der Waals surface area contributed by atoms with Gasteiger partial charge in [0, 0.05) is 19.5 Å². The van der Waals surface area contributed by atoms with Gasteiger partial charge in [-0.3, -0.25) is 14.4 Å². The molecule has 1 rings (SSSR count). The summed E-state index contributed by atoms with van der Waals surface area (Å²) in [5.74, 6) is -0.746. The molecule has 7 heteroatoms. The van der Waals surface area contributed by atoms with Crippen LogP contribution in [0.25, 0.3) is 0 Å². The lowest BCUT2D eigenvalue weighted by atomic mass is 10.2. The van der Waals surface area contributed by atoms with Gasteiger partial charge in [0.05, 0.1) is 6.54 Å². The highest BCUT2D eigenvalue weighted by molar-refractivity contribution is 5.92. The molecule has 5 N–H and O–H groups in total. The van der Waals surface area contributed by atoms with Crippen molar-refractivity contribution < 1.29 is 14.4 Å². The molecule has 1 fully saturated rings. The van der Waals surface area contributed by atoms with Gasteiger partial charge in [-0.1, -0.05) is 0 Å². The minimum atomic E-state index is -0.505. The molecule has 0 aliphatic carbocycles. The summed E-state index contributed by atoms with van der Waals surface area (Å²) in [6.07, 6.45) is 0.840. The minimum Gasteiger partial charge on any atom is -0.353 e. The first-order valence-corrected chi connectivity index (χ1v) is 5.17. The lowest BCUT2D eigenvalue weighted by molar-refractivity contribution is -0.128. The molecule has 1 atom stereocenters. The summed E-state index contributed by atoms with van der Waals surface area (Å²) in [5.41, 5.74) is 5.20. The average molecular weight is 228 g/mol. The van der Waals surface area contributed by atoms with E-state index in [1.165, 1.54) is 0 Å². The molecule has 90 valence electrons. The molecule has 1 saturated heterocycles. The zero-order chi connectivity index (χ0) is 12.0. The van der Waals surface area contributed by atoms with Gasteiger partial charge in [0.1, 0.15) is 6.04 Å². The van der Waals surface area contributed by atoms with Crippen LogP contribution in [0.4, 0.5) is 0 Å². The first-order valence-electron chi connectivity index (χ1n) is 5.17. The van der Waals surface area contributed by atoms with Crippen LogP contribution in [-0.4, -0.2) is 43.4 Å². The minimum absolute atomic E-state index is 0.0921. The van der Waals surface area contributed by atoms with E-state index in [1.807, 2.05) is 0 Å². The quantitative estimate of drug-likeness (QED) is 0.415. The first-order chi connectivity index (χ1) is 7.63. The van der Waals surface area contributed by atoms with E-state index in [9.17, 15) is 14.4 Å². The lowest BCUT2D eigenvalue weighted by Gasteiger charge is -2.10. The van der Waals surface area contributed by atoms with Crippen molar-refractivity contribution in [2.24, 2.45) is 5.73 Å². The molecule has 16 heavy (non-hydrogen) atoms. The first kappa shape index (κ1) is 12.4. The van der Waals surface area contributed by atoms with Crippen LogP contribution in [0.5, 0.6) is 0 Å². The van der Waals surface area contributed by atoms with Gasteiger partial charge in [0.25, 0.3) is 0 Å². The molecule has 0 bridgehead atoms. The number of amides is 3. The van der Waals surface area contributed by atoms with Gasteiger partial charge in [-0.2, -0.15) is 0 Å². The molecular formula is C9H16N4O3. The van der Waals surface area contributed by atoms with E-state index in [1.54, 1.807) is 0 Å². The maximum atomic E-state index is 11.4. The third-order valence-electron chi connectivity index (χ3n) is 2.20. The number of hydrogen-bond donors (Lipinski definition) is 4. The van der Waals surface area contributed by atoms with Crippen molar-refractivity contribution in [3.63, 3.8) is 0 Å². The SMILES string of the molecule is NCCNC(=O)CNC(=O)[C@@H]1CCC(=O)N1. The average Bonchev–Trinajstić information content (AvgIpc) is 2.69. The highest BCUT2D eigenvalue weighted by Gasteiger charge is 2.26. The second-order valence-electron chi connectivity index (χ2n) is 3.52. The molecule has 0 aromatic heterocycles. The standard InChI is InChI=1S/C9H16N4O3/c10-3-4-11-8(15)5-12-9(16)6-1-2-7(14)13-6/h6H,1-5,10H2,(H,11,15)(H,12,16)(H,13,14)/t6-/m0/s1. The summed E-state index contributed by atoms with van der Waals surface area (Å²) in [6, 6.07) is -0.505. The monoisotopic (exact) mass is 228 g/mol. The van der Waals surface area contributed by atoms with Crippen molar-refractivity contribution in [1.82, 2.24) is 16.0 Å². The number of hydrogen-bond acceptors (Lipinski definition) is 4. The van der Waals surface area contributed by atoms with E-state index in [-0.39, 0.29) is 24.3 Å². The molecule has 0 radical (unpaired) electrons. The predicted molar refractivity (Wildman–Crippen MR) is 56.2 cm³/mol. The highest BCUT2D eigenvalue weighted by atomic mass is 16.2. The van der Waals surface area contributed by atoms with Gasteiger partial charge in [-0.15, -0.1) is 0 Å². The van der Waals surface area contributed by atoms with Crippen LogP contribution in [0.15, 0.2) is 0 Å². The van der Waals surface area contributed by atoms with Gasteiger partial charge in [-0.25, -0.2) is 0 Å². The van der Waals surface area contributed by atoms with Gasteiger partial charge in [0.15, 0.2) is 0 Å². The second-order valence-corrected chi connectivity index (χ2v) is 3.52. The Hall–Kier alpha value is -1.63. The van der Waals surface area contributed by atoms with Gasteiger partial charge in [0.2, 0.25) is 17.7 Å². The zero-order valence-electron chi connectivity index (χ0n) is 8.91. The van der Waals surface area contributed by atoms with E-state index in [0.29, 0.717) is 25.9 Å². The molecule has 1 aliphatic rings. The van der Waals surface area contributed by atoms with Crippen LogP contribution in [0.2, 0.25) is 0 Å². The Morgan fingerprint density at radius 3 is 2.75 bits per heavy atom. The Kier molecular flexibility index (Phi) is 4.71. The fourth-order valence-corrected chi connectivity index (χ4v) is 1.38. The number of nitrogens with two attached hydrogens (primary N) is 1. The molecule has 0 spiro atoms. The Bertz CT molecular complexity index is 292. The van der Waals surface area contributed by atoms with Crippen LogP contribution in [-0.2, 0) is 14.4 Å². The third-order valence-corrected chi connectivity index (χ3v) is 2.20. The molecule has 0 aromatic carbocycles. The molecule has 7 nitrogen and oxygen atoms in total. The smallest absolute Gasteiger partial charge is 0.243 e.